The van der Waals surface area contributed by atoms with E-state index in [2.05, 4.69) is 39.6 Å². The van der Waals surface area contributed by atoms with Crippen LogP contribution in [0.3, 0.4) is 0 Å². The highest BCUT2D eigenvalue weighted by atomic mass is 16.3. The van der Waals surface area contributed by atoms with Gasteiger partial charge in [-0.3, -0.25) is 4.90 Å². The number of nitrogens with zero attached hydrogens (tertiary/aromatic N) is 1. The number of aliphatic hydroxyl groups excluding tert-OH is 1. The smallest absolute Gasteiger partial charge is 0.0695 e. The minimum absolute atomic E-state index is 0.113. The van der Waals surface area contributed by atoms with Crippen LogP contribution < -0.4 is 0 Å². The third-order valence-corrected chi connectivity index (χ3v) is 6.50. The topological polar surface area (TPSA) is 23.5 Å². The van der Waals surface area contributed by atoms with Crippen molar-refractivity contribution in [1.29, 1.82) is 0 Å². The first-order valence-electron chi connectivity index (χ1n) is 9.23. The van der Waals surface area contributed by atoms with Crippen molar-refractivity contribution < 1.29 is 5.11 Å². The Bertz CT molecular complexity index is 314. The van der Waals surface area contributed by atoms with E-state index in [1.54, 1.807) is 0 Å². The largest absolute Gasteiger partial charge is 0.391 e. The quantitative estimate of drug-likeness (QED) is 0.831. The van der Waals surface area contributed by atoms with Crippen molar-refractivity contribution in [2.45, 2.75) is 97.2 Å². The van der Waals surface area contributed by atoms with E-state index in [0.717, 1.165) is 18.3 Å². The Morgan fingerprint density at radius 1 is 1.00 bits per heavy atom. The van der Waals surface area contributed by atoms with Crippen LogP contribution in [-0.2, 0) is 0 Å². The number of rotatable bonds is 3. The van der Waals surface area contributed by atoms with Gasteiger partial charge in [-0.05, 0) is 69.2 Å². The molecule has 2 saturated carbocycles. The zero-order valence-electron chi connectivity index (χ0n) is 14.9. The second kappa shape index (κ2) is 7.00. The molecule has 124 valence electrons. The minimum atomic E-state index is -0.113. The molecule has 2 nitrogen and oxygen atoms in total. The summed E-state index contributed by atoms with van der Waals surface area (Å²) in [5, 5.41) is 10.5. The van der Waals surface area contributed by atoms with E-state index in [1.165, 1.54) is 44.9 Å². The van der Waals surface area contributed by atoms with E-state index >= 15 is 0 Å². The summed E-state index contributed by atoms with van der Waals surface area (Å²) in [4.78, 5) is 2.55. The summed E-state index contributed by atoms with van der Waals surface area (Å²) in [5.74, 6) is 1.70. The summed E-state index contributed by atoms with van der Waals surface area (Å²) in [5.41, 5.74) is 0.374. The third-order valence-electron chi connectivity index (χ3n) is 6.50. The van der Waals surface area contributed by atoms with Crippen LogP contribution in [0, 0.1) is 17.3 Å². The van der Waals surface area contributed by atoms with E-state index in [1.807, 2.05) is 0 Å². The van der Waals surface area contributed by atoms with E-state index < -0.39 is 0 Å². The van der Waals surface area contributed by atoms with Crippen molar-refractivity contribution in [3.05, 3.63) is 0 Å². The Morgan fingerprint density at radius 3 is 2.14 bits per heavy atom. The molecule has 2 rings (SSSR count). The molecule has 2 fully saturated rings. The Hall–Kier alpha value is -0.0800. The van der Waals surface area contributed by atoms with E-state index in [-0.39, 0.29) is 6.10 Å². The molecule has 0 aromatic heterocycles. The van der Waals surface area contributed by atoms with Crippen molar-refractivity contribution in [2.75, 3.05) is 7.05 Å². The van der Waals surface area contributed by atoms with Gasteiger partial charge in [0.1, 0.15) is 0 Å². The van der Waals surface area contributed by atoms with Crippen LogP contribution in [0.4, 0.5) is 0 Å². The van der Waals surface area contributed by atoms with Gasteiger partial charge in [-0.15, -0.1) is 0 Å². The van der Waals surface area contributed by atoms with Crippen LogP contribution in [0.5, 0.6) is 0 Å². The lowest BCUT2D eigenvalue weighted by Crippen LogP contribution is -2.51. The molecular formula is C19H37NO. The van der Waals surface area contributed by atoms with Gasteiger partial charge in [0, 0.05) is 12.1 Å². The van der Waals surface area contributed by atoms with E-state index in [0.29, 0.717) is 17.5 Å². The van der Waals surface area contributed by atoms with Crippen LogP contribution in [0.15, 0.2) is 0 Å². The molecular weight excluding hydrogens is 258 g/mol. The number of likely N-dealkylation sites (N-methyl/N-ethyl adjacent to an activating group) is 1. The molecule has 2 aliphatic rings. The van der Waals surface area contributed by atoms with Crippen molar-refractivity contribution in [3.8, 4) is 0 Å². The van der Waals surface area contributed by atoms with Gasteiger partial charge in [0.05, 0.1) is 6.10 Å². The molecule has 0 aromatic rings. The average molecular weight is 296 g/mol. The molecule has 0 radical (unpaired) electrons. The summed E-state index contributed by atoms with van der Waals surface area (Å²) in [6.07, 6.45) is 10.0. The molecule has 0 amide bonds. The van der Waals surface area contributed by atoms with Crippen LogP contribution in [0.1, 0.15) is 79.1 Å². The predicted octanol–water partition coefficient (Wildman–Crippen LogP) is 4.46. The lowest BCUT2D eigenvalue weighted by Gasteiger charge is -2.47. The first-order chi connectivity index (χ1) is 9.82. The zero-order valence-corrected chi connectivity index (χ0v) is 14.9. The number of hydrogen-bond donors (Lipinski definition) is 1. The van der Waals surface area contributed by atoms with E-state index in [9.17, 15) is 5.11 Å². The molecule has 3 unspecified atom stereocenters. The van der Waals surface area contributed by atoms with E-state index in [4.69, 9.17) is 0 Å². The normalized spacial score (nSPS) is 38.7. The molecule has 2 heteroatoms. The highest BCUT2D eigenvalue weighted by Gasteiger charge is 2.39. The predicted molar refractivity (Wildman–Crippen MR) is 90.4 cm³/mol. The SMILES string of the molecule is CCC1CCC(N(C)C2CC(C(C)(C)C)CCC2O)CC1. The second-order valence-electron chi connectivity index (χ2n) is 8.76. The van der Waals surface area contributed by atoms with Crippen molar-refractivity contribution >= 4 is 0 Å². The van der Waals surface area contributed by atoms with Crippen molar-refractivity contribution in [1.82, 2.24) is 4.90 Å². The maximum atomic E-state index is 10.5. The molecule has 3 atom stereocenters. The van der Waals surface area contributed by atoms with Crippen LogP contribution in [0.2, 0.25) is 0 Å². The Balaban J connectivity index is 1.95. The molecule has 21 heavy (non-hydrogen) atoms. The molecule has 2 aliphatic carbocycles. The summed E-state index contributed by atoms with van der Waals surface area (Å²) >= 11 is 0. The van der Waals surface area contributed by atoms with Crippen LogP contribution in [0.25, 0.3) is 0 Å². The van der Waals surface area contributed by atoms with Gasteiger partial charge in [-0.25, -0.2) is 0 Å². The first kappa shape index (κ1) is 17.3. The number of hydrogen-bond acceptors (Lipinski definition) is 2. The van der Waals surface area contributed by atoms with Crippen molar-refractivity contribution in [2.24, 2.45) is 17.3 Å². The fourth-order valence-corrected chi connectivity index (χ4v) is 4.59. The molecule has 0 aliphatic heterocycles. The van der Waals surface area contributed by atoms with Gasteiger partial charge in [-0.2, -0.15) is 0 Å². The molecule has 0 spiro atoms. The molecule has 0 heterocycles. The molecule has 0 aromatic carbocycles. The average Bonchev–Trinajstić information content (AvgIpc) is 2.46. The maximum absolute atomic E-state index is 10.5. The monoisotopic (exact) mass is 295 g/mol. The fraction of sp³-hybridized carbons (Fsp3) is 1.00. The summed E-state index contributed by atoms with van der Waals surface area (Å²) < 4.78 is 0. The lowest BCUT2D eigenvalue weighted by molar-refractivity contribution is -0.0298. The van der Waals surface area contributed by atoms with Gasteiger partial charge in [0.15, 0.2) is 0 Å². The lowest BCUT2D eigenvalue weighted by atomic mass is 9.69. The van der Waals surface area contributed by atoms with Gasteiger partial charge in [0.2, 0.25) is 0 Å². The first-order valence-corrected chi connectivity index (χ1v) is 9.23. The van der Waals surface area contributed by atoms with Crippen molar-refractivity contribution in [3.63, 3.8) is 0 Å². The standard InChI is InChI=1S/C19H37NO/c1-6-14-7-10-16(11-8-14)20(5)17-13-15(19(2,3)4)9-12-18(17)21/h14-18,21H,6-13H2,1-5H3. The van der Waals surface area contributed by atoms with Gasteiger partial charge in [-0.1, -0.05) is 34.1 Å². The van der Waals surface area contributed by atoms with Gasteiger partial charge < -0.3 is 5.11 Å². The Labute approximate surface area is 132 Å². The number of aliphatic hydroxyl groups is 1. The van der Waals surface area contributed by atoms with Gasteiger partial charge >= 0.3 is 0 Å². The third kappa shape index (κ3) is 4.22. The van der Waals surface area contributed by atoms with Crippen LogP contribution >= 0.6 is 0 Å². The summed E-state index contributed by atoms with van der Waals surface area (Å²) in [6, 6.07) is 1.08. The minimum Gasteiger partial charge on any atom is -0.391 e. The zero-order chi connectivity index (χ0) is 15.6. The maximum Gasteiger partial charge on any atom is 0.0695 e. The van der Waals surface area contributed by atoms with Gasteiger partial charge in [0.25, 0.3) is 0 Å². The Morgan fingerprint density at radius 2 is 1.62 bits per heavy atom. The molecule has 1 N–H and O–H groups in total. The molecule has 0 bridgehead atoms. The van der Waals surface area contributed by atoms with Crippen LogP contribution in [-0.4, -0.2) is 35.2 Å². The summed E-state index contributed by atoms with van der Waals surface area (Å²) in [7, 11) is 2.27. The second-order valence-corrected chi connectivity index (χ2v) is 8.76. The highest BCUT2D eigenvalue weighted by molar-refractivity contribution is 4.92. The fourth-order valence-electron chi connectivity index (χ4n) is 4.59. The summed E-state index contributed by atoms with van der Waals surface area (Å²) in [6.45, 7) is 9.41. The Kier molecular flexibility index (Phi) is 5.76. The highest BCUT2D eigenvalue weighted by Crippen LogP contribution is 2.40. The molecule has 0 saturated heterocycles.